The lowest BCUT2D eigenvalue weighted by Crippen LogP contribution is -2.55. The Labute approximate surface area is 168 Å². The van der Waals surface area contributed by atoms with Gasteiger partial charge in [0.05, 0.1) is 21.1 Å². The molecule has 1 aromatic carbocycles. The maximum absolute atomic E-state index is 12.7. The van der Waals surface area contributed by atoms with Crippen molar-refractivity contribution in [1.82, 2.24) is 5.32 Å². The lowest BCUT2D eigenvalue weighted by atomic mass is 10.0. The van der Waals surface area contributed by atoms with Crippen LogP contribution in [0.1, 0.15) is 76.7 Å². The lowest BCUT2D eigenvalue weighted by molar-refractivity contribution is -0.886. The van der Waals surface area contributed by atoms with Gasteiger partial charge in [0, 0.05) is 13.0 Å². The molecule has 0 spiro atoms. The normalized spacial score (nSPS) is 12.7. The predicted molar refractivity (Wildman–Crippen MR) is 117 cm³/mol. The fraction of sp³-hybridized carbons (Fsp3) is 0.708. The largest absolute Gasteiger partial charge is 0.351 e. The summed E-state index contributed by atoms with van der Waals surface area (Å²) in [5, 5.41) is 3.18. The highest BCUT2D eigenvalue weighted by Crippen LogP contribution is 2.13. The Morgan fingerprint density at radius 1 is 0.852 bits per heavy atom. The van der Waals surface area contributed by atoms with Crippen LogP contribution in [-0.4, -0.2) is 44.1 Å². The first-order chi connectivity index (χ1) is 12.9. The molecule has 3 heteroatoms. The first kappa shape index (κ1) is 23.7. The molecule has 0 aliphatic rings. The maximum Gasteiger partial charge on any atom is 0.278 e. The highest BCUT2D eigenvalue weighted by molar-refractivity contribution is 5.80. The summed E-state index contributed by atoms with van der Waals surface area (Å²) in [4.78, 5) is 12.7. The van der Waals surface area contributed by atoms with Gasteiger partial charge in [0.2, 0.25) is 0 Å². The minimum atomic E-state index is -0.0458. The summed E-state index contributed by atoms with van der Waals surface area (Å²) in [6.45, 7) is 3.07. The van der Waals surface area contributed by atoms with E-state index in [-0.39, 0.29) is 11.9 Å². The van der Waals surface area contributed by atoms with E-state index in [2.05, 4.69) is 45.5 Å². The summed E-state index contributed by atoms with van der Waals surface area (Å²) in [5.41, 5.74) is 1.23. The summed E-state index contributed by atoms with van der Waals surface area (Å²) in [6, 6.07) is 10.3. The number of hydrogen-bond acceptors (Lipinski definition) is 1. The minimum Gasteiger partial charge on any atom is -0.351 e. The smallest absolute Gasteiger partial charge is 0.278 e. The first-order valence-corrected chi connectivity index (χ1v) is 11.1. The number of carbonyl (C=O) groups excluding carboxylic acids is 1. The number of likely N-dealkylation sites (N-methyl/N-ethyl adjacent to an activating group) is 1. The second-order valence-corrected chi connectivity index (χ2v) is 8.79. The third-order valence-corrected chi connectivity index (χ3v) is 5.34. The van der Waals surface area contributed by atoms with Crippen LogP contribution in [0.25, 0.3) is 0 Å². The zero-order valence-corrected chi connectivity index (χ0v) is 18.3. The molecular formula is C24H43N2O+. The molecule has 1 amide bonds. The van der Waals surface area contributed by atoms with Crippen LogP contribution in [0, 0.1) is 0 Å². The Bertz CT molecular complexity index is 493. The van der Waals surface area contributed by atoms with Crippen molar-refractivity contribution in [2.24, 2.45) is 0 Å². The van der Waals surface area contributed by atoms with Gasteiger partial charge in [0.15, 0.2) is 6.04 Å². The van der Waals surface area contributed by atoms with E-state index in [0.717, 1.165) is 19.4 Å². The Morgan fingerprint density at radius 3 is 1.89 bits per heavy atom. The number of nitrogens with zero attached hydrogens (tertiary/aromatic N) is 1. The molecule has 0 fully saturated rings. The average Bonchev–Trinajstić information content (AvgIpc) is 2.64. The molecule has 3 nitrogen and oxygen atoms in total. The molecule has 0 heterocycles. The van der Waals surface area contributed by atoms with E-state index < -0.39 is 0 Å². The van der Waals surface area contributed by atoms with Crippen LogP contribution in [0.4, 0.5) is 0 Å². The Morgan fingerprint density at radius 2 is 1.37 bits per heavy atom. The highest BCUT2D eigenvalue weighted by Gasteiger charge is 2.31. The van der Waals surface area contributed by atoms with Gasteiger partial charge in [0.25, 0.3) is 5.91 Å². The average molecular weight is 376 g/mol. The summed E-state index contributed by atoms with van der Waals surface area (Å²) < 4.78 is 0.652. The van der Waals surface area contributed by atoms with E-state index in [0.29, 0.717) is 4.48 Å². The van der Waals surface area contributed by atoms with Crippen molar-refractivity contribution in [3.63, 3.8) is 0 Å². The molecule has 154 valence electrons. The van der Waals surface area contributed by atoms with Gasteiger partial charge < -0.3 is 9.80 Å². The fourth-order valence-corrected chi connectivity index (χ4v) is 3.50. The standard InChI is InChI=1S/C24H42N2O/c1-5-6-7-8-9-10-11-12-13-17-20-25-24(27)23(26(2,3)4)21-22-18-15-14-16-19-22/h14-16,18-19,23H,5-13,17,20-21H2,1-4H3/p+1/t23-/m1/s1. The van der Waals surface area contributed by atoms with E-state index in [1.165, 1.54) is 63.4 Å². The Kier molecular flexibility index (Phi) is 12.1. The van der Waals surface area contributed by atoms with Crippen LogP contribution >= 0.6 is 0 Å². The van der Waals surface area contributed by atoms with Crippen LogP contribution in [0.15, 0.2) is 30.3 Å². The fourth-order valence-electron chi connectivity index (χ4n) is 3.50. The molecule has 1 N–H and O–H groups in total. The molecular weight excluding hydrogens is 332 g/mol. The van der Waals surface area contributed by atoms with Crippen molar-refractivity contribution in [1.29, 1.82) is 0 Å². The monoisotopic (exact) mass is 375 g/mol. The van der Waals surface area contributed by atoms with Crippen LogP contribution in [-0.2, 0) is 11.2 Å². The molecule has 27 heavy (non-hydrogen) atoms. The maximum atomic E-state index is 12.7. The highest BCUT2D eigenvalue weighted by atomic mass is 16.2. The molecule has 0 saturated carbocycles. The number of quaternary nitrogens is 1. The molecule has 0 bridgehead atoms. The van der Waals surface area contributed by atoms with Gasteiger partial charge in [0.1, 0.15) is 0 Å². The molecule has 1 aromatic rings. The van der Waals surface area contributed by atoms with Crippen LogP contribution in [0.5, 0.6) is 0 Å². The molecule has 0 saturated heterocycles. The van der Waals surface area contributed by atoms with Crippen LogP contribution < -0.4 is 5.32 Å². The van der Waals surface area contributed by atoms with Gasteiger partial charge in [-0.2, -0.15) is 0 Å². The predicted octanol–water partition coefficient (Wildman–Crippen LogP) is 5.34. The van der Waals surface area contributed by atoms with Gasteiger partial charge in [-0.05, 0) is 12.0 Å². The topological polar surface area (TPSA) is 29.1 Å². The SMILES string of the molecule is CCCCCCCCCCCCNC(=O)[C@@H](Cc1ccccc1)[N+](C)(C)C. The molecule has 0 aliphatic heterocycles. The zero-order chi connectivity index (χ0) is 20.0. The van der Waals surface area contributed by atoms with Gasteiger partial charge >= 0.3 is 0 Å². The van der Waals surface area contributed by atoms with E-state index in [1.807, 2.05) is 18.2 Å². The summed E-state index contributed by atoms with van der Waals surface area (Å²) >= 11 is 0. The van der Waals surface area contributed by atoms with E-state index >= 15 is 0 Å². The van der Waals surface area contributed by atoms with Gasteiger partial charge in [-0.15, -0.1) is 0 Å². The van der Waals surface area contributed by atoms with Crippen molar-refractivity contribution in [3.8, 4) is 0 Å². The van der Waals surface area contributed by atoms with Crippen molar-refractivity contribution < 1.29 is 9.28 Å². The van der Waals surface area contributed by atoms with Gasteiger partial charge in [-0.3, -0.25) is 4.79 Å². The number of unbranched alkanes of at least 4 members (excludes halogenated alkanes) is 9. The van der Waals surface area contributed by atoms with Crippen molar-refractivity contribution in [2.45, 2.75) is 83.6 Å². The van der Waals surface area contributed by atoms with Gasteiger partial charge in [-0.25, -0.2) is 0 Å². The van der Waals surface area contributed by atoms with E-state index in [4.69, 9.17) is 0 Å². The number of nitrogens with one attached hydrogen (secondary N) is 1. The lowest BCUT2D eigenvalue weighted by Gasteiger charge is -2.33. The van der Waals surface area contributed by atoms with Crippen LogP contribution in [0.3, 0.4) is 0 Å². The third-order valence-electron chi connectivity index (χ3n) is 5.34. The first-order valence-electron chi connectivity index (χ1n) is 11.1. The second-order valence-electron chi connectivity index (χ2n) is 8.79. The molecule has 0 aromatic heterocycles. The minimum absolute atomic E-state index is 0.0458. The van der Waals surface area contributed by atoms with E-state index in [9.17, 15) is 4.79 Å². The zero-order valence-electron chi connectivity index (χ0n) is 18.3. The van der Waals surface area contributed by atoms with Crippen molar-refractivity contribution in [3.05, 3.63) is 35.9 Å². The summed E-state index contributed by atoms with van der Waals surface area (Å²) in [6.07, 6.45) is 14.0. The number of hydrogen-bond donors (Lipinski definition) is 1. The third kappa shape index (κ3) is 11.2. The second kappa shape index (κ2) is 13.8. The molecule has 0 unspecified atom stereocenters. The number of amides is 1. The quantitative estimate of drug-likeness (QED) is 0.325. The molecule has 0 radical (unpaired) electrons. The van der Waals surface area contributed by atoms with Crippen molar-refractivity contribution >= 4 is 5.91 Å². The molecule has 1 rings (SSSR count). The van der Waals surface area contributed by atoms with E-state index in [1.54, 1.807) is 0 Å². The number of rotatable bonds is 15. The Hall–Kier alpha value is -1.35. The number of carbonyl (C=O) groups is 1. The summed E-state index contributed by atoms with van der Waals surface area (Å²) in [5.74, 6) is 0.183. The van der Waals surface area contributed by atoms with Crippen LogP contribution in [0.2, 0.25) is 0 Å². The molecule has 0 aliphatic carbocycles. The molecule has 1 atom stereocenters. The van der Waals surface area contributed by atoms with Gasteiger partial charge in [-0.1, -0.05) is 95.0 Å². The summed E-state index contributed by atoms with van der Waals surface area (Å²) in [7, 11) is 6.31. The van der Waals surface area contributed by atoms with Crippen molar-refractivity contribution in [2.75, 3.05) is 27.7 Å². The number of benzene rings is 1. The Balaban J connectivity index is 2.19.